The Labute approximate surface area is 133 Å². The Hall–Kier alpha value is -0.890. The second-order valence-electron chi connectivity index (χ2n) is 5.22. The average molecular weight is 392 g/mol. The van der Waals surface area contributed by atoms with Crippen molar-refractivity contribution in [1.82, 2.24) is 4.90 Å². The van der Waals surface area contributed by atoms with Crippen molar-refractivity contribution in [2.24, 2.45) is 0 Å². The minimum absolute atomic E-state index is 0.0493. The predicted octanol–water partition coefficient (Wildman–Crippen LogP) is 4.04. The van der Waals surface area contributed by atoms with E-state index in [4.69, 9.17) is 4.74 Å². The molecule has 1 unspecified atom stereocenters. The van der Waals surface area contributed by atoms with Crippen LogP contribution in [0.25, 0.3) is 0 Å². The Kier molecular flexibility index (Phi) is 6.19. The highest BCUT2D eigenvalue weighted by Gasteiger charge is 2.22. The van der Waals surface area contributed by atoms with E-state index >= 15 is 0 Å². The standard InChI is InChI=1S/C14H21IN2O3/c1-9(2)16(10(3)4)11(5)20-14-8-12(17(18)19)6-7-13(14)15/h6-11H,1-5H3. The Balaban J connectivity index is 2.97. The molecule has 20 heavy (non-hydrogen) atoms. The zero-order chi connectivity index (χ0) is 15.4. The van der Waals surface area contributed by atoms with E-state index < -0.39 is 4.92 Å². The van der Waals surface area contributed by atoms with Gasteiger partial charge in [0.1, 0.15) is 12.0 Å². The second kappa shape index (κ2) is 7.21. The molecule has 0 saturated carbocycles. The minimum Gasteiger partial charge on any atom is -0.474 e. The molecule has 0 aliphatic rings. The van der Waals surface area contributed by atoms with Crippen LogP contribution in [0.4, 0.5) is 5.69 Å². The van der Waals surface area contributed by atoms with Crippen LogP contribution in [0.3, 0.4) is 0 Å². The number of nitro benzene ring substituents is 1. The zero-order valence-electron chi connectivity index (χ0n) is 12.5. The number of hydrogen-bond donors (Lipinski definition) is 0. The third kappa shape index (κ3) is 4.31. The van der Waals surface area contributed by atoms with E-state index in [2.05, 4.69) is 55.2 Å². The molecular formula is C14H21IN2O3. The summed E-state index contributed by atoms with van der Waals surface area (Å²) in [5.41, 5.74) is 0.0493. The predicted molar refractivity (Wildman–Crippen MR) is 88.0 cm³/mol. The zero-order valence-corrected chi connectivity index (χ0v) is 14.6. The molecule has 1 rings (SSSR count). The van der Waals surface area contributed by atoms with E-state index in [1.54, 1.807) is 6.07 Å². The Morgan fingerprint density at radius 3 is 2.20 bits per heavy atom. The van der Waals surface area contributed by atoms with E-state index in [0.717, 1.165) is 3.57 Å². The molecule has 0 amide bonds. The molecular weight excluding hydrogens is 371 g/mol. The number of hydrogen-bond acceptors (Lipinski definition) is 4. The summed E-state index contributed by atoms with van der Waals surface area (Å²) in [5.74, 6) is 0.554. The third-order valence-corrected chi connectivity index (χ3v) is 3.93. The summed E-state index contributed by atoms with van der Waals surface area (Å²) in [4.78, 5) is 12.6. The number of halogens is 1. The van der Waals surface area contributed by atoms with Gasteiger partial charge in [0.25, 0.3) is 5.69 Å². The summed E-state index contributed by atoms with van der Waals surface area (Å²) in [6.07, 6.45) is -0.148. The van der Waals surface area contributed by atoms with Crippen molar-refractivity contribution in [1.29, 1.82) is 0 Å². The van der Waals surface area contributed by atoms with Crippen LogP contribution in [0.5, 0.6) is 5.75 Å². The lowest BCUT2D eigenvalue weighted by atomic mass is 10.2. The molecule has 0 fully saturated rings. The maximum Gasteiger partial charge on any atom is 0.273 e. The molecule has 0 bridgehead atoms. The van der Waals surface area contributed by atoms with Crippen molar-refractivity contribution in [2.75, 3.05) is 0 Å². The van der Waals surface area contributed by atoms with Crippen LogP contribution in [0.15, 0.2) is 18.2 Å². The Morgan fingerprint density at radius 2 is 1.75 bits per heavy atom. The van der Waals surface area contributed by atoms with E-state index in [-0.39, 0.29) is 11.9 Å². The summed E-state index contributed by atoms with van der Waals surface area (Å²) in [6, 6.07) is 5.34. The normalized spacial score (nSPS) is 13.1. The maximum atomic E-state index is 10.8. The molecule has 0 heterocycles. The molecule has 112 valence electrons. The molecule has 1 atom stereocenters. The number of ether oxygens (including phenoxy) is 1. The fourth-order valence-electron chi connectivity index (χ4n) is 2.38. The molecule has 1 aromatic carbocycles. The Morgan fingerprint density at radius 1 is 1.20 bits per heavy atom. The van der Waals surface area contributed by atoms with Gasteiger partial charge in [0.2, 0.25) is 0 Å². The van der Waals surface area contributed by atoms with E-state index in [9.17, 15) is 10.1 Å². The van der Waals surface area contributed by atoms with Crippen LogP contribution in [0.2, 0.25) is 0 Å². The number of non-ortho nitro benzene ring substituents is 1. The van der Waals surface area contributed by atoms with Crippen molar-refractivity contribution in [3.05, 3.63) is 31.9 Å². The minimum atomic E-state index is -0.406. The molecule has 0 aliphatic heterocycles. The topological polar surface area (TPSA) is 55.6 Å². The van der Waals surface area contributed by atoms with E-state index in [1.807, 2.05) is 6.92 Å². The van der Waals surface area contributed by atoms with Crippen LogP contribution in [-0.4, -0.2) is 28.1 Å². The van der Waals surface area contributed by atoms with Crippen molar-refractivity contribution < 1.29 is 9.66 Å². The van der Waals surface area contributed by atoms with Gasteiger partial charge in [-0.25, -0.2) is 0 Å². The maximum absolute atomic E-state index is 10.8. The molecule has 0 radical (unpaired) electrons. The third-order valence-electron chi connectivity index (χ3n) is 3.04. The van der Waals surface area contributed by atoms with Crippen LogP contribution in [0.1, 0.15) is 34.6 Å². The second-order valence-corrected chi connectivity index (χ2v) is 6.39. The molecule has 0 aromatic heterocycles. The highest BCUT2D eigenvalue weighted by atomic mass is 127. The summed E-state index contributed by atoms with van der Waals surface area (Å²) < 4.78 is 6.80. The first-order valence-corrected chi connectivity index (χ1v) is 7.70. The smallest absolute Gasteiger partial charge is 0.273 e. The van der Waals surface area contributed by atoms with Crippen molar-refractivity contribution in [3.8, 4) is 5.75 Å². The largest absolute Gasteiger partial charge is 0.474 e. The first-order chi connectivity index (χ1) is 9.23. The van der Waals surface area contributed by atoms with Crippen molar-refractivity contribution >= 4 is 28.3 Å². The molecule has 0 N–H and O–H groups in total. The molecule has 5 nitrogen and oxygen atoms in total. The van der Waals surface area contributed by atoms with Crippen LogP contribution in [-0.2, 0) is 0 Å². The lowest BCUT2D eigenvalue weighted by molar-refractivity contribution is -0.385. The number of nitrogens with zero attached hydrogens (tertiary/aromatic N) is 2. The van der Waals surface area contributed by atoms with Gasteiger partial charge in [-0.3, -0.25) is 15.0 Å². The van der Waals surface area contributed by atoms with Gasteiger partial charge in [0.05, 0.1) is 14.6 Å². The summed E-state index contributed by atoms with van der Waals surface area (Å²) >= 11 is 2.13. The van der Waals surface area contributed by atoms with E-state index in [1.165, 1.54) is 12.1 Å². The molecule has 1 aromatic rings. The first-order valence-electron chi connectivity index (χ1n) is 6.62. The number of nitro groups is 1. The van der Waals surface area contributed by atoms with Gasteiger partial charge in [-0.2, -0.15) is 0 Å². The van der Waals surface area contributed by atoms with E-state index in [0.29, 0.717) is 17.8 Å². The fourth-order valence-corrected chi connectivity index (χ4v) is 2.84. The molecule has 0 spiro atoms. The molecule has 0 saturated heterocycles. The number of benzene rings is 1. The fraction of sp³-hybridized carbons (Fsp3) is 0.571. The van der Waals surface area contributed by atoms with Crippen molar-refractivity contribution in [3.63, 3.8) is 0 Å². The highest BCUT2D eigenvalue weighted by Crippen LogP contribution is 2.28. The summed E-state index contributed by atoms with van der Waals surface area (Å²) in [6.45, 7) is 10.4. The summed E-state index contributed by atoms with van der Waals surface area (Å²) in [7, 11) is 0. The van der Waals surface area contributed by atoms with Crippen molar-refractivity contribution in [2.45, 2.75) is 52.9 Å². The monoisotopic (exact) mass is 392 g/mol. The highest BCUT2D eigenvalue weighted by molar-refractivity contribution is 14.1. The van der Waals surface area contributed by atoms with Gasteiger partial charge in [-0.15, -0.1) is 0 Å². The van der Waals surface area contributed by atoms with Gasteiger partial charge >= 0.3 is 0 Å². The van der Waals surface area contributed by atoms with Gasteiger partial charge in [-0.1, -0.05) is 0 Å². The van der Waals surface area contributed by atoms with Gasteiger partial charge in [0.15, 0.2) is 0 Å². The average Bonchev–Trinajstić information content (AvgIpc) is 2.30. The lowest BCUT2D eigenvalue weighted by Crippen LogP contribution is -2.46. The molecule has 6 heteroatoms. The van der Waals surface area contributed by atoms with Crippen LogP contribution >= 0.6 is 22.6 Å². The molecule has 0 aliphatic carbocycles. The van der Waals surface area contributed by atoms with Crippen LogP contribution in [0, 0.1) is 13.7 Å². The van der Waals surface area contributed by atoms with Gasteiger partial charge in [0, 0.05) is 18.2 Å². The SMILES string of the molecule is CC(C)N(C(C)C)C(C)Oc1cc([N+](=O)[O-])ccc1I. The van der Waals surface area contributed by atoms with Crippen LogP contribution < -0.4 is 4.74 Å². The van der Waals surface area contributed by atoms with Gasteiger partial charge in [-0.05, 0) is 63.3 Å². The number of rotatable bonds is 6. The quantitative estimate of drug-likeness (QED) is 0.317. The lowest BCUT2D eigenvalue weighted by Gasteiger charge is -2.36. The van der Waals surface area contributed by atoms with Gasteiger partial charge < -0.3 is 4.74 Å². The first kappa shape index (κ1) is 17.2. The summed E-state index contributed by atoms with van der Waals surface area (Å²) in [5, 5.41) is 10.8. The Bertz CT molecular complexity index is 469.